The highest BCUT2D eigenvalue weighted by molar-refractivity contribution is 7.18. The van der Waals surface area contributed by atoms with Crippen molar-refractivity contribution in [1.29, 1.82) is 0 Å². The van der Waals surface area contributed by atoms with Crippen LogP contribution in [0.2, 0.25) is 0 Å². The number of aliphatic hydroxyl groups is 1. The van der Waals surface area contributed by atoms with Crippen LogP contribution < -0.4 is 4.90 Å². The number of aromatic nitrogens is 4. The summed E-state index contributed by atoms with van der Waals surface area (Å²) < 4.78 is 2.88. The van der Waals surface area contributed by atoms with E-state index in [0.717, 1.165) is 41.0 Å². The summed E-state index contributed by atoms with van der Waals surface area (Å²) in [5.74, 6) is 1.01. The van der Waals surface area contributed by atoms with Crippen molar-refractivity contribution >= 4 is 27.4 Å². The van der Waals surface area contributed by atoms with Crippen molar-refractivity contribution in [3.8, 4) is 0 Å². The maximum absolute atomic E-state index is 10.6. The number of rotatable bonds is 4. The molecule has 0 amide bonds. The van der Waals surface area contributed by atoms with Gasteiger partial charge in [-0.1, -0.05) is 0 Å². The van der Waals surface area contributed by atoms with Crippen molar-refractivity contribution in [2.24, 2.45) is 7.05 Å². The standard InChI is InChI=1S/C17H21N5OS/c1-11-9-24-16-15(11)18-10-19-17(16)22-5-3-4-13(22)6-14(23)12-7-20-21(2)8-12/h7-10,13-14,23H,3-6H2,1-2H3/t13-,14+/m0/s1. The first kappa shape index (κ1) is 15.5. The molecule has 0 saturated carbocycles. The fourth-order valence-electron chi connectivity index (χ4n) is 3.53. The molecule has 126 valence electrons. The highest BCUT2D eigenvalue weighted by atomic mass is 32.1. The van der Waals surface area contributed by atoms with E-state index in [0.29, 0.717) is 12.5 Å². The molecule has 0 unspecified atom stereocenters. The maximum atomic E-state index is 10.6. The van der Waals surface area contributed by atoms with Gasteiger partial charge in [-0.2, -0.15) is 5.10 Å². The molecule has 7 heteroatoms. The molecule has 0 aromatic carbocycles. The van der Waals surface area contributed by atoms with Crippen molar-refractivity contribution in [2.75, 3.05) is 11.4 Å². The monoisotopic (exact) mass is 343 g/mol. The lowest BCUT2D eigenvalue weighted by Crippen LogP contribution is -2.31. The Labute approximate surface area is 144 Å². The third-order valence-corrected chi connectivity index (χ3v) is 5.85. The van der Waals surface area contributed by atoms with E-state index in [9.17, 15) is 5.11 Å². The van der Waals surface area contributed by atoms with Gasteiger partial charge in [0, 0.05) is 31.4 Å². The van der Waals surface area contributed by atoms with E-state index in [2.05, 4.69) is 32.3 Å². The molecule has 2 atom stereocenters. The summed E-state index contributed by atoms with van der Waals surface area (Å²) in [4.78, 5) is 11.3. The smallest absolute Gasteiger partial charge is 0.150 e. The average molecular weight is 343 g/mol. The second-order valence-corrected chi connectivity index (χ2v) is 7.36. The fourth-order valence-corrected chi connectivity index (χ4v) is 4.53. The van der Waals surface area contributed by atoms with E-state index in [-0.39, 0.29) is 0 Å². The first-order chi connectivity index (χ1) is 11.6. The van der Waals surface area contributed by atoms with Crippen molar-refractivity contribution in [2.45, 2.75) is 38.3 Å². The van der Waals surface area contributed by atoms with Crippen molar-refractivity contribution in [3.05, 3.63) is 35.2 Å². The van der Waals surface area contributed by atoms with Crippen LogP contribution in [0.25, 0.3) is 10.2 Å². The normalized spacial score (nSPS) is 19.3. The summed E-state index contributed by atoms with van der Waals surface area (Å²) >= 11 is 1.71. The molecule has 0 radical (unpaired) electrons. The van der Waals surface area contributed by atoms with E-state index >= 15 is 0 Å². The lowest BCUT2D eigenvalue weighted by molar-refractivity contribution is 0.158. The van der Waals surface area contributed by atoms with Crippen LogP contribution in [0.4, 0.5) is 5.82 Å². The molecule has 3 aromatic heterocycles. The van der Waals surface area contributed by atoms with Gasteiger partial charge in [0.05, 0.1) is 22.5 Å². The van der Waals surface area contributed by atoms with E-state index in [4.69, 9.17) is 0 Å². The molecule has 4 rings (SSSR count). The topological polar surface area (TPSA) is 67.1 Å². The molecule has 0 aliphatic carbocycles. The van der Waals surface area contributed by atoms with Crippen molar-refractivity contribution in [3.63, 3.8) is 0 Å². The maximum Gasteiger partial charge on any atom is 0.150 e. The average Bonchev–Trinajstić information content (AvgIpc) is 3.28. The van der Waals surface area contributed by atoms with Gasteiger partial charge >= 0.3 is 0 Å². The molecule has 0 spiro atoms. The molecule has 3 aromatic rings. The van der Waals surface area contributed by atoms with Gasteiger partial charge in [-0.05, 0) is 37.1 Å². The van der Waals surface area contributed by atoms with Gasteiger partial charge in [0.1, 0.15) is 12.1 Å². The third-order valence-electron chi connectivity index (χ3n) is 4.77. The van der Waals surface area contributed by atoms with Gasteiger partial charge in [-0.25, -0.2) is 9.97 Å². The Hall–Kier alpha value is -1.99. The van der Waals surface area contributed by atoms with Gasteiger partial charge in [-0.15, -0.1) is 11.3 Å². The summed E-state index contributed by atoms with van der Waals surface area (Å²) in [6.07, 6.45) is 7.69. The SMILES string of the molecule is Cc1csc2c(N3CCC[C@H]3C[C@@H](O)c3cnn(C)c3)ncnc12. The number of fused-ring (bicyclic) bond motifs is 1. The second-order valence-electron chi connectivity index (χ2n) is 6.48. The Morgan fingerprint density at radius 2 is 2.29 bits per heavy atom. The Morgan fingerprint density at radius 3 is 3.08 bits per heavy atom. The summed E-state index contributed by atoms with van der Waals surface area (Å²) in [7, 11) is 1.87. The first-order valence-corrected chi connectivity index (χ1v) is 9.13. The minimum atomic E-state index is -0.494. The van der Waals surface area contributed by atoms with Gasteiger partial charge in [0.15, 0.2) is 0 Å². The largest absolute Gasteiger partial charge is 0.388 e. The predicted molar refractivity (Wildman–Crippen MR) is 95.3 cm³/mol. The summed E-state index contributed by atoms with van der Waals surface area (Å²) in [5.41, 5.74) is 3.12. The zero-order valence-electron chi connectivity index (χ0n) is 13.9. The number of hydrogen-bond donors (Lipinski definition) is 1. The van der Waals surface area contributed by atoms with Crippen LogP contribution in [0.15, 0.2) is 24.1 Å². The van der Waals surface area contributed by atoms with Crippen LogP contribution in [0, 0.1) is 6.92 Å². The molecule has 1 saturated heterocycles. The molecular weight excluding hydrogens is 322 g/mol. The van der Waals surface area contributed by atoms with Gasteiger partial charge < -0.3 is 10.0 Å². The zero-order chi connectivity index (χ0) is 16.7. The van der Waals surface area contributed by atoms with E-state index in [1.807, 2.05) is 13.2 Å². The Morgan fingerprint density at radius 1 is 1.42 bits per heavy atom. The molecule has 1 aliphatic rings. The third kappa shape index (κ3) is 2.67. The minimum Gasteiger partial charge on any atom is -0.388 e. The molecule has 1 fully saturated rings. The minimum absolute atomic E-state index is 0.292. The number of aryl methyl sites for hydroxylation is 2. The number of nitrogens with zero attached hydrogens (tertiary/aromatic N) is 5. The Bertz CT molecular complexity index is 858. The van der Waals surface area contributed by atoms with Crippen LogP contribution in [0.5, 0.6) is 0 Å². The van der Waals surface area contributed by atoms with E-state index in [1.54, 1.807) is 28.5 Å². The second kappa shape index (κ2) is 6.14. The molecule has 6 nitrogen and oxygen atoms in total. The van der Waals surface area contributed by atoms with Gasteiger partial charge in [0.25, 0.3) is 0 Å². The molecule has 1 N–H and O–H groups in total. The highest BCUT2D eigenvalue weighted by Gasteiger charge is 2.30. The van der Waals surface area contributed by atoms with Crippen molar-refractivity contribution in [1.82, 2.24) is 19.7 Å². The number of aliphatic hydroxyl groups excluding tert-OH is 1. The van der Waals surface area contributed by atoms with Gasteiger partial charge in [0.2, 0.25) is 0 Å². The number of hydrogen-bond acceptors (Lipinski definition) is 6. The lowest BCUT2D eigenvalue weighted by Gasteiger charge is -2.27. The van der Waals surface area contributed by atoms with Crippen LogP contribution in [0.1, 0.15) is 36.5 Å². The summed E-state index contributed by atoms with van der Waals surface area (Å²) in [6, 6.07) is 0.292. The van der Waals surface area contributed by atoms with E-state index < -0.39 is 6.10 Å². The van der Waals surface area contributed by atoms with Crippen molar-refractivity contribution < 1.29 is 5.11 Å². The van der Waals surface area contributed by atoms with Crippen LogP contribution in [-0.4, -0.2) is 37.4 Å². The zero-order valence-corrected chi connectivity index (χ0v) is 14.7. The molecule has 24 heavy (non-hydrogen) atoms. The first-order valence-electron chi connectivity index (χ1n) is 8.25. The lowest BCUT2D eigenvalue weighted by atomic mass is 10.0. The van der Waals surface area contributed by atoms with Crippen LogP contribution in [0.3, 0.4) is 0 Å². The molecule has 0 bridgehead atoms. The molecular formula is C17H21N5OS. The number of anilines is 1. The quantitative estimate of drug-likeness (QED) is 0.789. The summed E-state index contributed by atoms with van der Waals surface area (Å²) in [5, 5.41) is 16.9. The predicted octanol–water partition coefficient (Wildman–Crippen LogP) is 2.83. The Kier molecular flexibility index (Phi) is 3.97. The van der Waals surface area contributed by atoms with Gasteiger partial charge in [-0.3, -0.25) is 4.68 Å². The molecule has 1 aliphatic heterocycles. The summed E-state index contributed by atoms with van der Waals surface area (Å²) in [6.45, 7) is 3.07. The van der Waals surface area contributed by atoms with E-state index in [1.165, 1.54) is 5.56 Å². The fraction of sp³-hybridized carbons (Fsp3) is 0.471. The molecule has 4 heterocycles. The highest BCUT2D eigenvalue weighted by Crippen LogP contribution is 2.36. The van der Waals surface area contributed by atoms with Crippen LogP contribution in [-0.2, 0) is 7.05 Å². The van der Waals surface area contributed by atoms with Crippen LogP contribution >= 0.6 is 11.3 Å². The Balaban J connectivity index is 1.60. The number of thiophene rings is 1.